The number of amides is 1. The number of ether oxygens (including phenoxy) is 2. The van der Waals surface area contributed by atoms with Gasteiger partial charge in [-0.1, -0.05) is 12.1 Å². The summed E-state index contributed by atoms with van der Waals surface area (Å²) in [5.41, 5.74) is 2.20. The van der Waals surface area contributed by atoms with Crippen molar-refractivity contribution in [3.05, 3.63) is 54.1 Å². The van der Waals surface area contributed by atoms with Crippen LogP contribution in [0.5, 0.6) is 11.5 Å². The molecule has 1 amide bonds. The fourth-order valence-corrected chi connectivity index (χ4v) is 3.54. The lowest BCUT2D eigenvalue weighted by Crippen LogP contribution is -2.52. The van der Waals surface area contributed by atoms with Gasteiger partial charge in [-0.05, 0) is 48.9 Å². The van der Waals surface area contributed by atoms with Crippen molar-refractivity contribution in [1.82, 2.24) is 15.5 Å². The second kappa shape index (κ2) is 11.8. The van der Waals surface area contributed by atoms with Crippen LogP contribution in [0.15, 0.2) is 53.5 Å². The zero-order valence-electron chi connectivity index (χ0n) is 19.1. The number of aliphatic imine (C=N–C) groups is 1. The summed E-state index contributed by atoms with van der Waals surface area (Å²) in [5, 5.41) is 6.23. The second-order valence-corrected chi connectivity index (χ2v) is 7.47. The van der Waals surface area contributed by atoms with Crippen LogP contribution in [0.25, 0.3) is 0 Å². The van der Waals surface area contributed by atoms with Crippen LogP contribution < -0.4 is 25.0 Å². The topological polar surface area (TPSA) is 78.4 Å². The first kappa shape index (κ1) is 23.2. The fraction of sp³-hybridized carbons (Fsp3) is 0.417. The predicted molar refractivity (Wildman–Crippen MR) is 128 cm³/mol. The molecule has 8 nitrogen and oxygen atoms in total. The summed E-state index contributed by atoms with van der Waals surface area (Å²) in [4.78, 5) is 21.4. The lowest BCUT2D eigenvalue weighted by Gasteiger charge is -2.37. The molecule has 0 atom stereocenters. The summed E-state index contributed by atoms with van der Waals surface area (Å²) in [6.45, 7) is 6.81. The van der Waals surface area contributed by atoms with Gasteiger partial charge in [-0.15, -0.1) is 0 Å². The van der Waals surface area contributed by atoms with Gasteiger partial charge in [0.1, 0.15) is 18.0 Å². The minimum atomic E-state index is -0.104. The van der Waals surface area contributed by atoms with Crippen molar-refractivity contribution in [2.45, 2.75) is 13.5 Å². The van der Waals surface area contributed by atoms with Gasteiger partial charge in [-0.25, -0.2) is 4.99 Å². The van der Waals surface area contributed by atoms with E-state index in [-0.39, 0.29) is 12.5 Å². The van der Waals surface area contributed by atoms with Gasteiger partial charge in [0.05, 0.1) is 14.2 Å². The lowest BCUT2D eigenvalue weighted by molar-refractivity contribution is -0.119. The largest absolute Gasteiger partial charge is 0.497 e. The van der Waals surface area contributed by atoms with E-state index >= 15 is 0 Å². The highest BCUT2D eigenvalue weighted by Crippen LogP contribution is 2.20. The molecule has 0 aliphatic carbocycles. The first-order chi connectivity index (χ1) is 15.6. The van der Waals surface area contributed by atoms with E-state index in [1.165, 1.54) is 5.69 Å². The van der Waals surface area contributed by atoms with E-state index in [4.69, 9.17) is 9.47 Å². The molecule has 1 saturated heterocycles. The number of carbonyl (C=O) groups excluding carboxylic acids is 1. The number of nitrogens with one attached hydrogen (secondary N) is 2. The third-order valence-electron chi connectivity index (χ3n) is 5.37. The van der Waals surface area contributed by atoms with E-state index in [9.17, 15) is 4.79 Å². The maximum Gasteiger partial charge on any atom is 0.242 e. The molecule has 0 radical (unpaired) electrons. The summed E-state index contributed by atoms with van der Waals surface area (Å²) < 4.78 is 10.4. The molecule has 172 valence electrons. The highest BCUT2D eigenvalue weighted by molar-refractivity contribution is 5.85. The Hall–Kier alpha value is -3.42. The molecule has 8 heteroatoms. The van der Waals surface area contributed by atoms with Gasteiger partial charge >= 0.3 is 0 Å². The van der Waals surface area contributed by atoms with E-state index in [0.717, 1.165) is 55.7 Å². The fourth-order valence-electron chi connectivity index (χ4n) is 3.54. The number of hydrogen-bond acceptors (Lipinski definition) is 5. The summed E-state index contributed by atoms with van der Waals surface area (Å²) in [6, 6.07) is 15.8. The van der Waals surface area contributed by atoms with Crippen LogP contribution in [0.3, 0.4) is 0 Å². The van der Waals surface area contributed by atoms with Crippen LogP contribution in [-0.4, -0.2) is 70.3 Å². The first-order valence-corrected chi connectivity index (χ1v) is 10.9. The van der Waals surface area contributed by atoms with Gasteiger partial charge in [-0.2, -0.15) is 0 Å². The van der Waals surface area contributed by atoms with Crippen molar-refractivity contribution in [3.63, 3.8) is 0 Å². The molecule has 1 aliphatic rings. The monoisotopic (exact) mass is 439 g/mol. The molecule has 1 aliphatic heterocycles. The number of anilines is 1. The highest BCUT2D eigenvalue weighted by atomic mass is 16.5. The number of rotatable bonds is 8. The quantitative estimate of drug-likeness (QED) is 0.485. The van der Waals surface area contributed by atoms with E-state index in [0.29, 0.717) is 6.54 Å². The standard InChI is InChI=1S/C24H33N5O3/c1-4-25-24(27-18-23(30)26-17-19-5-9-21(31-2)10-6-19)29-15-13-28(14-16-29)20-7-11-22(32-3)12-8-20/h5-12H,4,13-18H2,1-3H3,(H,25,27)(H,26,30). The second-order valence-electron chi connectivity index (χ2n) is 7.47. The van der Waals surface area contributed by atoms with E-state index < -0.39 is 0 Å². The number of nitrogens with zero attached hydrogens (tertiary/aromatic N) is 3. The molecule has 2 N–H and O–H groups in total. The summed E-state index contributed by atoms with van der Waals surface area (Å²) in [7, 11) is 3.31. The Kier molecular flexibility index (Phi) is 8.60. The predicted octanol–water partition coefficient (Wildman–Crippen LogP) is 2.11. The number of carbonyl (C=O) groups is 1. The normalized spacial score (nSPS) is 14.2. The van der Waals surface area contributed by atoms with Gasteiger partial charge in [0, 0.05) is 45.0 Å². The summed E-state index contributed by atoms with van der Waals surface area (Å²) in [6.07, 6.45) is 0. The van der Waals surface area contributed by atoms with E-state index in [1.54, 1.807) is 14.2 Å². The Morgan fingerprint density at radius 1 is 0.906 bits per heavy atom. The SMILES string of the molecule is CCNC(=NCC(=O)NCc1ccc(OC)cc1)N1CCN(c2ccc(OC)cc2)CC1. The van der Waals surface area contributed by atoms with Gasteiger partial charge < -0.3 is 29.9 Å². The van der Waals surface area contributed by atoms with Gasteiger partial charge in [0.2, 0.25) is 5.91 Å². The molecular formula is C24H33N5O3. The van der Waals surface area contributed by atoms with Crippen LogP contribution in [0.2, 0.25) is 0 Å². The highest BCUT2D eigenvalue weighted by Gasteiger charge is 2.20. The van der Waals surface area contributed by atoms with Crippen LogP contribution in [-0.2, 0) is 11.3 Å². The number of benzene rings is 2. The number of methoxy groups -OCH3 is 2. The van der Waals surface area contributed by atoms with Crippen LogP contribution in [0.1, 0.15) is 12.5 Å². The minimum absolute atomic E-state index is 0.0944. The Morgan fingerprint density at radius 2 is 1.50 bits per heavy atom. The van der Waals surface area contributed by atoms with Gasteiger partial charge in [-0.3, -0.25) is 4.79 Å². The molecular weight excluding hydrogens is 406 g/mol. The van der Waals surface area contributed by atoms with Crippen LogP contribution in [0.4, 0.5) is 5.69 Å². The molecule has 1 heterocycles. The molecule has 2 aromatic carbocycles. The van der Waals surface area contributed by atoms with Crippen LogP contribution in [0, 0.1) is 0 Å². The molecule has 0 spiro atoms. The third-order valence-corrected chi connectivity index (χ3v) is 5.37. The van der Waals surface area contributed by atoms with Crippen molar-refractivity contribution in [1.29, 1.82) is 0 Å². The van der Waals surface area contributed by atoms with Gasteiger partial charge in [0.15, 0.2) is 5.96 Å². The average molecular weight is 440 g/mol. The Morgan fingerprint density at radius 3 is 2.06 bits per heavy atom. The van der Waals surface area contributed by atoms with Crippen molar-refractivity contribution in [2.75, 3.05) is 58.4 Å². The summed E-state index contributed by atoms with van der Waals surface area (Å²) >= 11 is 0. The molecule has 3 rings (SSSR count). The van der Waals surface area contributed by atoms with E-state index in [1.807, 2.05) is 43.3 Å². The van der Waals surface area contributed by atoms with Crippen molar-refractivity contribution in [3.8, 4) is 11.5 Å². The molecule has 0 unspecified atom stereocenters. The lowest BCUT2D eigenvalue weighted by atomic mass is 10.2. The Balaban J connectivity index is 1.49. The molecule has 2 aromatic rings. The first-order valence-electron chi connectivity index (χ1n) is 10.9. The summed E-state index contributed by atoms with van der Waals surface area (Å²) in [5.74, 6) is 2.33. The van der Waals surface area contributed by atoms with Crippen molar-refractivity contribution < 1.29 is 14.3 Å². The maximum atomic E-state index is 12.3. The Bertz CT molecular complexity index is 876. The Labute approximate surface area is 190 Å². The van der Waals surface area contributed by atoms with Crippen molar-refractivity contribution in [2.24, 2.45) is 4.99 Å². The number of piperazine rings is 1. The molecule has 0 bridgehead atoms. The van der Waals surface area contributed by atoms with Crippen molar-refractivity contribution >= 4 is 17.6 Å². The van der Waals surface area contributed by atoms with Crippen LogP contribution >= 0.6 is 0 Å². The minimum Gasteiger partial charge on any atom is -0.497 e. The zero-order chi connectivity index (χ0) is 22.8. The molecule has 1 fully saturated rings. The molecule has 0 saturated carbocycles. The molecule has 32 heavy (non-hydrogen) atoms. The maximum absolute atomic E-state index is 12.3. The third kappa shape index (κ3) is 6.54. The van der Waals surface area contributed by atoms with E-state index in [2.05, 4.69) is 37.6 Å². The molecule has 0 aromatic heterocycles. The number of guanidine groups is 1. The number of hydrogen-bond donors (Lipinski definition) is 2. The average Bonchev–Trinajstić information content (AvgIpc) is 2.85. The zero-order valence-corrected chi connectivity index (χ0v) is 19.1. The smallest absolute Gasteiger partial charge is 0.242 e. The van der Waals surface area contributed by atoms with Gasteiger partial charge in [0.25, 0.3) is 0 Å².